The van der Waals surface area contributed by atoms with Gasteiger partial charge in [0.15, 0.2) is 0 Å². The summed E-state index contributed by atoms with van der Waals surface area (Å²) in [6.07, 6.45) is 0. The quantitative estimate of drug-likeness (QED) is 0.798. The van der Waals surface area contributed by atoms with Crippen molar-refractivity contribution < 1.29 is 4.79 Å². The van der Waals surface area contributed by atoms with Crippen LogP contribution in [0.1, 0.15) is 31.3 Å². The van der Waals surface area contributed by atoms with Gasteiger partial charge < -0.3 is 15.1 Å². The molecule has 0 aromatic carbocycles. The Morgan fingerprint density at radius 3 is 2.57 bits per heavy atom. The largest absolute Gasteiger partial charge is 0.370 e. The van der Waals surface area contributed by atoms with E-state index in [2.05, 4.69) is 29.0 Å². The van der Waals surface area contributed by atoms with E-state index in [1.165, 1.54) is 0 Å². The Bertz CT molecular complexity index is 446. The van der Waals surface area contributed by atoms with Gasteiger partial charge in [-0.3, -0.25) is 4.79 Å². The van der Waals surface area contributed by atoms with E-state index in [9.17, 15) is 4.79 Å². The van der Waals surface area contributed by atoms with Gasteiger partial charge in [-0.05, 0) is 39.1 Å². The number of anilines is 1. The van der Waals surface area contributed by atoms with E-state index in [4.69, 9.17) is 0 Å². The topological polar surface area (TPSA) is 48.5 Å². The van der Waals surface area contributed by atoms with Gasteiger partial charge in [0, 0.05) is 26.2 Å². The molecule has 0 unspecified atom stereocenters. The number of nitrogens with zero attached hydrogens (tertiary/aromatic N) is 3. The van der Waals surface area contributed by atoms with Crippen LogP contribution in [-0.2, 0) is 0 Å². The van der Waals surface area contributed by atoms with Crippen LogP contribution in [0.5, 0.6) is 0 Å². The number of rotatable bonds is 8. The number of hydrogen-bond donors (Lipinski definition) is 1. The standard InChI is InChI=1S/C16H28N4O/c1-6-17-15-9-7-8-14(18-15)16(21)20(12-13(2)3)11-10-19(4)5/h7-9,13H,6,10-12H2,1-5H3,(H,17,18). The van der Waals surface area contributed by atoms with Crippen LogP contribution in [0.25, 0.3) is 0 Å². The van der Waals surface area contributed by atoms with E-state index >= 15 is 0 Å². The van der Waals surface area contributed by atoms with E-state index in [0.717, 1.165) is 32.0 Å². The molecule has 1 rings (SSSR count). The van der Waals surface area contributed by atoms with Gasteiger partial charge >= 0.3 is 0 Å². The third-order valence-electron chi connectivity index (χ3n) is 3.02. The predicted octanol–water partition coefficient (Wildman–Crippen LogP) is 2.17. The highest BCUT2D eigenvalue weighted by Gasteiger charge is 2.18. The van der Waals surface area contributed by atoms with Crippen LogP contribution >= 0.6 is 0 Å². The Hall–Kier alpha value is -1.62. The minimum atomic E-state index is 0.00491. The molecule has 0 aliphatic carbocycles. The highest BCUT2D eigenvalue weighted by Crippen LogP contribution is 2.09. The van der Waals surface area contributed by atoms with Crippen molar-refractivity contribution in [3.63, 3.8) is 0 Å². The lowest BCUT2D eigenvalue weighted by molar-refractivity contribution is 0.0719. The molecule has 1 aromatic rings. The Kier molecular flexibility index (Phi) is 7.15. The maximum atomic E-state index is 12.7. The summed E-state index contributed by atoms with van der Waals surface area (Å²) in [4.78, 5) is 21.0. The third-order valence-corrected chi connectivity index (χ3v) is 3.02. The summed E-state index contributed by atoms with van der Waals surface area (Å²) in [5, 5.41) is 3.14. The van der Waals surface area contributed by atoms with E-state index in [1.54, 1.807) is 6.07 Å². The molecule has 21 heavy (non-hydrogen) atoms. The number of pyridine rings is 1. The van der Waals surface area contributed by atoms with Crippen LogP contribution in [0.15, 0.2) is 18.2 Å². The summed E-state index contributed by atoms with van der Waals surface area (Å²) in [6.45, 7) is 9.37. The van der Waals surface area contributed by atoms with E-state index in [-0.39, 0.29) is 5.91 Å². The Balaban J connectivity index is 2.85. The fourth-order valence-corrected chi connectivity index (χ4v) is 2.03. The molecule has 0 radical (unpaired) electrons. The van der Waals surface area contributed by atoms with Crippen molar-refractivity contribution in [2.75, 3.05) is 45.6 Å². The highest BCUT2D eigenvalue weighted by atomic mass is 16.2. The van der Waals surface area contributed by atoms with Gasteiger partial charge in [-0.2, -0.15) is 0 Å². The molecule has 1 heterocycles. The second-order valence-electron chi connectivity index (χ2n) is 5.89. The van der Waals surface area contributed by atoms with Crippen LogP contribution in [0.2, 0.25) is 0 Å². The minimum Gasteiger partial charge on any atom is -0.370 e. The SMILES string of the molecule is CCNc1cccc(C(=O)N(CCN(C)C)CC(C)C)n1. The molecule has 0 aliphatic heterocycles. The minimum absolute atomic E-state index is 0.00491. The van der Waals surface area contributed by atoms with Gasteiger partial charge in [0.1, 0.15) is 11.5 Å². The normalized spacial score (nSPS) is 11.0. The average Bonchev–Trinajstić information content (AvgIpc) is 2.43. The second kappa shape index (κ2) is 8.62. The lowest BCUT2D eigenvalue weighted by Crippen LogP contribution is -2.39. The van der Waals surface area contributed by atoms with Gasteiger partial charge in [0.05, 0.1) is 0 Å². The van der Waals surface area contributed by atoms with Gasteiger partial charge in [0.2, 0.25) is 0 Å². The summed E-state index contributed by atoms with van der Waals surface area (Å²) in [6, 6.07) is 5.54. The van der Waals surface area contributed by atoms with Crippen molar-refractivity contribution >= 4 is 11.7 Å². The molecule has 1 aromatic heterocycles. The van der Waals surface area contributed by atoms with Crippen molar-refractivity contribution in [2.45, 2.75) is 20.8 Å². The van der Waals surface area contributed by atoms with E-state index in [0.29, 0.717) is 11.6 Å². The summed E-state index contributed by atoms with van der Waals surface area (Å²) in [7, 11) is 4.03. The number of aromatic nitrogens is 1. The van der Waals surface area contributed by atoms with Crippen molar-refractivity contribution in [1.82, 2.24) is 14.8 Å². The van der Waals surface area contributed by atoms with Crippen molar-refractivity contribution in [2.24, 2.45) is 5.92 Å². The first-order valence-corrected chi connectivity index (χ1v) is 7.59. The lowest BCUT2D eigenvalue weighted by Gasteiger charge is -2.26. The molecule has 1 amide bonds. The predicted molar refractivity (Wildman–Crippen MR) is 87.7 cm³/mol. The van der Waals surface area contributed by atoms with Crippen molar-refractivity contribution in [3.8, 4) is 0 Å². The summed E-state index contributed by atoms with van der Waals surface area (Å²) in [5.74, 6) is 1.19. The molecular weight excluding hydrogens is 264 g/mol. The number of carbonyl (C=O) groups is 1. The molecule has 0 spiro atoms. The molecule has 0 fully saturated rings. The zero-order valence-corrected chi connectivity index (χ0v) is 13.9. The van der Waals surface area contributed by atoms with Gasteiger partial charge in [-0.25, -0.2) is 4.98 Å². The number of amides is 1. The van der Waals surface area contributed by atoms with Crippen LogP contribution < -0.4 is 5.32 Å². The van der Waals surface area contributed by atoms with E-state index in [1.807, 2.05) is 38.1 Å². The number of carbonyl (C=O) groups excluding carboxylic acids is 1. The fraction of sp³-hybridized carbons (Fsp3) is 0.625. The summed E-state index contributed by atoms with van der Waals surface area (Å²) < 4.78 is 0. The molecule has 0 bridgehead atoms. The number of hydrogen-bond acceptors (Lipinski definition) is 4. The van der Waals surface area contributed by atoms with Crippen LogP contribution in [0.3, 0.4) is 0 Å². The molecule has 1 N–H and O–H groups in total. The highest BCUT2D eigenvalue weighted by molar-refractivity contribution is 5.92. The van der Waals surface area contributed by atoms with Gasteiger partial charge in [-0.15, -0.1) is 0 Å². The smallest absolute Gasteiger partial charge is 0.272 e. The van der Waals surface area contributed by atoms with Crippen molar-refractivity contribution in [1.29, 1.82) is 0 Å². The van der Waals surface area contributed by atoms with Crippen molar-refractivity contribution in [3.05, 3.63) is 23.9 Å². The number of likely N-dealkylation sites (N-methyl/N-ethyl adjacent to an activating group) is 1. The second-order valence-corrected chi connectivity index (χ2v) is 5.89. The maximum Gasteiger partial charge on any atom is 0.272 e. The molecule has 118 valence electrons. The number of nitrogens with one attached hydrogen (secondary N) is 1. The Morgan fingerprint density at radius 2 is 2.00 bits per heavy atom. The molecule has 0 aliphatic rings. The van der Waals surface area contributed by atoms with Crippen LogP contribution in [0, 0.1) is 5.92 Å². The lowest BCUT2D eigenvalue weighted by atomic mass is 10.2. The summed E-state index contributed by atoms with van der Waals surface area (Å²) >= 11 is 0. The first-order valence-electron chi connectivity index (χ1n) is 7.59. The Labute approximate surface area is 128 Å². The molecule has 5 heteroatoms. The molecule has 0 saturated carbocycles. The molecule has 5 nitrogen and oxygen atoms in total. The zero-order valence-electron chi connectivity index (χ0n) is 13.9. The fourth-order valence-electron chi connectivity index (χ4n) is 2.03. The van der Waals surface area contributed by atoms with E-state index < -0.39 is 0 Å². The molecule has 0 saturated heterocycles. The van der Waals surface area contributed by atoms with Gasteiger partial charge in [-0.1, -0.05) is 19.9 Å². The average molecular weight is 292 g/mol. The van der Waals surface area contributed by atoms with Crippen LogP contribution in [-0.4, -0.2) is 61.0 Å². The first kappa shape index (κ1) is 17.4. The third kappa shape index (κ3) is 6.12. The first-order chi connectivity index (χ1) is 9.93. The summed E-state index contributed by atoms with van der Waals surface area (Å²) in [5.41, 5.74) is 0.507. The molecular formula is C16H28N4O. The Morgan fingerprint density at radius 1 is 1.29 bits per heavy atom. The maximum absolute atomic E-state index is 12.7. The molecule has 0 atom stereocenters. The van der Waals surface area contributed by atoms with Gasteiger partial charge in [0.25, 0.3) is 5.91 Å². The zero-order chi connectivity index (χ0) is 15.8. The monoisotopic (exact) mass is 292 g/mol. The van der Waals surface area contributed by atoms with Crippen LogP contribution in [0.4, 0.5) is 5.82 Å².